The lowest BCUT2D eigenvalue weighted by atomic mass is 10.2. The Morgan fingerprint density at radius 3 is 2.60 bits per heavy atom. The van der Waals surface area contributed by atoms with E-state index in [9.17, 15) is 9.59 Å². The normalized spacial score (nSPS) is 10.7. The molecule has 0 atom stereocenters. The number of hydrogen-bond donors (Lipinski definition) is 2. The van der Waals surface area contributed by atoms with Gasteiger partial charge in [0.05, 0.1) is 11.2 Å². The van der Waals surface area contributed by atoms with Crippen LogP contribution in [-0.4, -0.2) is 28.7 Å². The summed E-state index contributed by atoms with van der Waals surface area (Å²) in [5.74, 6) is -1.10. The number of esters is 1. The molecule has 3 aromatic rings. The number of ether oxygens (including phenoxy) is 1. The predicted octanol–water partition coefficient (Wildman–Crippen LogP) is 4.19. The van der Waals surface area contributed by atoms with Crippen LogP contribution in [0.25, 0.3) is 10.9 Å². The number of benzene rings is 2. The first kappa shape index (κ1) is 17.6. The zero-order valence-corrected chi connectivity index (χ0v) is 16.3. The summed E-state index contributed by atoms with van der Waals surface area (Å²) in [5, 5.41) is 10.1. The van der Waals surface area contributed by atoms with Crippen molar-refractivity contribution in [3.05, 3.63) is 56.6 Å². The topological polar surface area (TPSA) is 84.1 Å². The van der Waals surface area contributed by atoms with Crippen LogP contribution >= 0.6 is 31.9 Å². The van der Waals surface area contributed by atoms with Crippen LogP contribution in [0.15, 0.2) is 45.3 Å². The molecule has 0 saturated heterocycles. The number of H-pyrrole nitrogens is 1. The minimum absolute atomic E-state index is 0.154. The second-order valence-corrected chi connectivity index (χ2v) is 7.05. The number of halogens is 2. The van der Waals surface area contributed by atoms with E-state index in [1.165, 1.54) is 0 Å². The van der Waals surface area contributed by atoms with Crippen molar-refractivity contribution in [2.75, 3.05) is 11.9 Å². The van der Waals surface area contributed by atoms with E-state index in [0.29, 0.717) is 11.1 Å². The van der Waals surface area contributed by atoms with Crippen LogP contribution < -0.4 is 5.32 Å². The van der Waals surface area contributed by atoms with Gasteiger partial charge in [-0.3, -0.25) is 9.89 Å². The Morgan fingerprint density at radius 1 is 1.20 bits per heavy atom. The quantitative estimate of drug-likeness (QED) is 0.564. The van der Waals surface area contributed by atoms with Crippen molar-refractivity contribution >= 4 is 60.3 Å². The second-order valence-electron chi connectivity index (χ2n) is 5.35. The van der Waals surface area contributed by atoms with Gasteiger partial charge in [0.25, 0.3) is 5.91 Å². The van der Waals surface area contributed by atoms with Crippen LogP contribution in [0.5, 0.6) is 0 Å². The summed E-state index contributed by atoms with van der Waals surface area (Å²) in [6.45, 7) is 1.53. The molecule has 2 N–H and O–H groups in total. The smallest absolute Gasteiger partial charge is 0.359 e. The third kappa shape index (κ3) is 3.91. The summed E-state index contributed by atoms with van der Waals surface area (Å²) >= 11 is 6.80. The first-order valence-electron chi connectivity index (χ1n) is 7.31. The molecule has 0 aliphatic rings. The number of nitrogens with one attached hydrogen (secondary N) is 2. The molecule has 1 amide bonds. The summed E-state index contributed by atoms with van der Waals surface area (Å²) in [6, 6.07) is 11.0. The molecule has 0 radical (unpaired) electrons. The van der Waals surface area contributed by atoms with Gasteiger partial charge in [0.2, 0.25) is 0 Å². The van der Waals surface area contributed by atoms with Crippen LogP contribution in [-0.2, 0) is 9.53 Å². The number of rotatable bonds is 4. The van der Waals surface area contributed by atoms with Gasteiger partial charge in [0, 0.05) is 14.3 Å². The Hall–Kier alpha value is -2.19. The van der Waals surface area contributed by atoms with Crippen molar-refractivity contribution < 1.29 is 14.3 Å². The van der Waals surface area contributed by atoms with Crippen molar-refractivity contribution in [3.8, 4) is 0 Å². The molecule has 25 heavy (non-hydrogen) atoms. The summed E-state index contributed by atoms with van der Waals surface area (Å²) in [4.78, 5) is 24.2. The largest absolute Gasteiger partial charge is 0.451 e. The Labute approximate surface area is 160 Å². The van der Waals surface area contributed by atoms with E-state index < -0.39 is 18.5 Å². The average molecular weight is 467 g/mol. The number of amides is 1. The molecular weight excluding hydrogens is 454 g/mol. The molecule has 0 aliphatic carbocycles. The molecule has 128 valence electrons. The molecule has 1 heterocycles. The van der Waals surface area contributed by atoms with Gasteiger partial charge < -0.3 is 10.1 Å². The minimum Gasteiger partial charge on any atom is -0.451 e. The van der Waals surface area contributed by atoms with Gasteiger partial charge in [-0.25, -0.2) is 4.79 Å². The zero-order valence-electron chi connectivity index (χ0n) is 13.1. The highest BCUT2D eigenvalue weighted by Gasteiger charge is 2.17. The maximum absolute atomic E-state index is 12.2. The maximum atomic E-state index is 12.2. The number of aryl methyl sites for hydroxylation is 1. The fourth-order valence-corrected chi connectivity index (χ4v) is 3.93. The number of fused-ring (bicyclic) bond motifs is 1. The lowest BCUT2D eigenvalue weighted by Gasteiger charge is -2.11. The van der Waals surface area contributed by atoms with Crippen molar-refractivity contribution in [1.82, 2.24) is 10.2 Å². The number of aromatic nitrogens is 2. The summed E-state index contributed by atoms with van der Waals surface area (Å²) in [6.07, 6.45) is 0. The number of aromatic amines is 1. The van der Waals surface area contributed by atoms with Gasteiger partial charge in [-0.1, -0.05) is 18.2 Å². The highest BCUT2D eigenvalue weighted by molar-refractivity contribution is 9.11. The number of carbonyl (C=O) groups excluding carboxylic acids is 2. The zero-order chi connectivity index (χ0) is 18.0. The molecule has 0 unspecified atom stereocenters. The van der Waals surface area contributed by atoms with Crippen LogP contribution in [0.1, 0.15) is 16.1 Å². The van der Waals surface area contributed by atoms with E-state index in [1.807, 2.05) is 25.1 Å². The summed E-state index contributed by atoms with van der Waals surface area (Å²) in [5.41, 5.74) is 2.50. The summed E-state index contributed by atoms with van der Waals surface area (Å²) < 4.78 is 6.54. The molecule has 0 spiro atoms. The second kappa shape index (κ2) is 7.37. The van der Waals surface area contributed by atoms with Crippen molar-refractivity contribution in [1.29, 1.82) is 0 Å². The van der Waals surface area contributed by atoms with Gasteiger partial charge in [0.15, 0.2) is 12.3 Å². The molecule has 0 saturated carbocycles. The molecule has 0 bridgehead atoms. The van der Waals surface area contributed by atoms with Crippen molar-refractivity contribution in [3.63, 3.8) is 0 Å². The maximum Gasteiger partial charge on any atom is 0.359 e. The first-order chi connectivity index (χ1) is 12.0. The SMILES string of the molecule is Cc1cc(Br)c(NC(=O)COC(=O)c2n[nH]c3ccccc23)c(Br)c1. The monoisotopic (exact) mass is 465 g/mol. The first-order valence-corrected chi connectivity index (χ1v) is 8.90. The highest BCUT2D eigenvalue weighted by Crippen LogP contribution is 2.32. The number of anilines is 1. The Morgan fingerprint density at radius 2 is 1.88 bits per heavy atom. The van der Waals surface area contributed by atoms with Gasteiger partial charge in [-0.15, -0.1) is 0 Å². The Bertz CT molecular complexity index is 946. The lowest BCUT2D eigenvalue weighted by molar-refractivity contribution is -0.119. The number of nitrogens with zero attached hydrogens (tertiary/aromatic N) is 1. The Kier molecular flexibility index (Phi) is 5.19. The van der Waals surface area contributed by atoms with Crippen LogP contribution in [0.4, 0.5) is 5.69 Å². The molecule has 6 nitrogen and oxygen atoms in total. The Balaban J connectivity index is 1.66. The fraction of sp³-hybridized carbons (Fsp3) is 0.118. The fourth-order valence-electron chi connectivity index (χ4n) is 2.31. The van der Waals surface area contributed by atoms with Gasteiger partial charge >= 0.3 is 5.97 Å². The van der Waals surface area contributed by atoms with Crippen LogP contribution in [0.2, 0.25) is 0 Å². The number of carbonyl (C=O) groups is 2. The molecule has 0 fully saturated rings. The molecular formula is C17H13Br2N3O3. The predicted molar refractivity (Wildman–Crippen MR) is 102 cm³/mol. The molecule has 1 aromatic heterocycles. The van der Waals surface area contributed by atoms with Gasteiger partial charge in [-0.05, 0) is 62.5 Å². The third-order valence-electron chi connectivity index (χ3n) is 3.45. The number of hydrogen-bond acceptors (Lipinski definition) is 4. The molecule has 2 aromatic carbocycles. The van der Waals surface area contributed by atoms with Crippen LogP contribution in [0, 0.1) is 6.92 Å². The molecule has 8 heteroatoms. The van der Waals surface area contributed by atoms with E-state index >= 15 is 0 Å². The van der Waals surface area contributed by atoms with Gasteiger partial charge in [-0.2, -0.15) is 5.10 Å². The van der Waals surface area contributed by atoms with Crippen LogP contribution in [0.3, 0.4) is 0 Å². The molecule has 0 aliphatic heterocycles. The van der Waals surface area contributed by atoms with Crippen molar-refractivity contribution in [2.45, 2.75) is 6.92 Å². The minimum atomic E-state index is -0.658. The average Bonchev–Trinajstić information content (AvgIpc) is 3.00. The van der Waals surface area contributed by atoms with E-state index in [1.54, 1.807) is 18.2 Å². The summed E-state index contributed by atoms with van der Waals surface area (Å²) in [7, 11) is 0. The standard InChI is InChI=1S/C17H13Br2N3O3/c1-9-6-11(18)16(12(19)7-9)20-14(23)8-25-17(24)15-10-4-2-3-5-13(10)21-22-15/h2-7H,8H2,1H3,(H,20,23)(H,21,22). The van der Waals surface area contributed by atoms with E-state index in [4.69, 9.17) is 4.74 Å². The van der Waals surface area contributed by atoms with Crippen molar-refractivity contribution in [2.24, 2.45) is 0 Å². The van der Waals surface area contributed by atoms with Gasteiger partial charge in [0.1, 0.15) is 0 Å². The number of para-hydroxylation sites is 1. The molecule has 3 rings (SSSR count). The highest BCUT2D eigenvalue weighted by atomic mass is 79.9. The van der Waals surface area contributed by atoms with E-state index in [2.05, 4.69) is 47.4 Å². The third-order valence-corrected chi connectivity index (χ3v) is 4.70. The van der Waals surface area contributed by atoms with E-state index in [0.717, 1.165) is 20.0 Å². The lowest BCUT2D eigenvalue weighted by Crippen LogP contribution is -2.21. The van der Waals surface area contributed by atoms with E-state index in [-0.39, 0.29) is 5.69 Å².